The second kappa shape index (κ2) is 7.38. The Labute approximate surface area is 192 Å². The predicted octanol–water partition coefficient (Wildman–Crippen LogP) is 2.77. The summed E-state index contributed by atoms with van der Waals surface area (Å²) in [5.74, 6) is -1.000. The van der Waals surface area contributed by atoms with Crippen molar-refractivity contribution >= 4 is 11.8 Å². The molecular formula is C23H19F2N6O3+. The van der Waals surface area contributed by atoms with E-state index in [2.05, 4.69) is 21.4 Å². The highest BCUT2D eigenvalue weighted by molar-refractivity contribution is 5.84. The van der Waals surface area contributed by atoms with Crippen LogP contribution in [0.5, 0.6) is 0 Å². The Morgan fingerprint density at radius 3 is 2.65 bits per heavy atom. The molecule has 3 aliphatic rings. The van der Waals surface area contributed by atoms with Gasteiger partial charge in [-0.2, -0.15) is 23.6 Å². The van der Waals surface area contributed by atoms with Gasteiger partial charge >= 0.3 is 6.09 Å². The molecule has 0 radical (unpaired) electrons. The van der Waals surface area contributed by atoms with Crippen molar-refractivity contribution < 1.29 is 23.0 Å². The van der Waals surface area contributed by atoms with Gasteiger partial charge in [-0.15, -0.1) is 0 Å². The molecule has 2 saturated heterocycles. The number of amides is 1. The van der Waals surface area contributed by atoms with E-state index in [1.807, 2.05) is 0 Å². The molecule has 3 atom stereocenters. The molecule has 9 nitrogen and oxygen atoms in total. The Hall–Kier alpha value is -3.75. The van der Waals surface area contributed by atoms with Crippen LogP contribution in [0.15, 0.2) is 42.7 Å². The summed E-state index contributed by atoms with van der Waals surface area (Å²) >= 11 is 0. The molecule has 2 unspecified atom stereocenters. The van der Waals surface area contributed by atoms with Gasteiger partial charge in [-0.3, -0.25) is 4.98 Å². The van der Waals surface area contributed by atoms with Crippen LogP contribution in [0.25, 0.3) is 11.1 Å². The smallest absolute Gasteiger partial charge is 0.414 e. The quantitative estimate of drug-likeness (QED) is 0.534. The molecule has 0 N–H and O–H groups in total. The lowest BCUT2D eigenvalue weighted by molar-refractivity contribution is 0.150. The van der Waals surface area contributed by atoms with Crippen molar-refractivity contribution in [2.75, 3.05) is 26.4 Å². The molecular weight excluding hydrogens is 446 g/mol. The van der Waals surface area contributed by atoms with Crippen LogP contribution in [0, 0.1) is 34.9 Å². The highest BCUT2D eigenvalue weighted by Crippen LogP contribution is 2.62. The lowest BCUT2D eigenvalue weighted by Gasteiger charge is -2.27. The Morgan fingerprint density at radius 2 is 2.06 bits per heavy atom. The number of ether oxygens (including phenoxy) is 2. The van der Waals surface area contributed by atoms with Crippen LogP contribution in [0.1, 0.15) is 5.69 Å². The number of pyridine rings is 1. The van der Waals surface area contributed by atoms with Gasteiger partial charge in [0.2, 0.25) is 0 Å². The molecule has 2 aromatic heterocycles. The maximum atomic E-state index is 15.3. The van der Waals surface area contributed by atoms with Gasteiger partial charge in [0, 0.05) is 41.3 Å². The molecule has 3 fully saturated rings. The van der Waals surface area contributed by atoms with Crippen LogP contribution in [0.2, 0.25) is 0 Å². The molecule has 1 amide bonds. The number of nitrogens with zero attached hydrogens (tertiary/aromatic N) is 6. The fourth-order valence-electron chi connectivity index (χ4n) is 5.30. The largest absolute Gasteiger partial charge is 0.523 e. The number of rotatable bonds is 5. The van der Waals surface area contributed by atoms with Gasteiger partial charge in [0.15, 0.2) is 6.67 Å². The molecule has 1 saturated carbocycles. The van der Waals surface area contributed by atoms with E-state index < -0.39 is 23.3 Å². The summed E-state index contributed by atoms with van der Waals surface area (Å²) in [6.07, 6.45) is 2.06. The summed E-state index contributed by atoms with van der Waals surface area (Å²) < 4.78 is 40.0. The number of carbonyl (C=O) groups is 1. The number of benzene rings is 1. The zero-order chi connectivity index (χ0) is 23.5. The van der Waals surface area contributed by atoms with E-state index in [-0.39, 0.29) is 36.1 Å². The minimum Gasteiger partial charge on any atom is -0.414 e. The first-order valence-electron chi connectivity index (χ1n) is 10.8. The van der Waals surface area contributed by atoms with Gasteiger partial charge in [-0.1, -0.05) is 16.4 Å². The molecule has 2 aliphatic heterocycles. The Bertz CT molecular complexity index is 1330. The van der Waals surface area contributed by atoms with Crippen molar-refractivity contribution in [3.05, 3.63) is 60.2 Å². The van der Waals surface area contributed by atoms with E-state index in [0.29, 0.717) is 35.7 Å². The van der Waals surface area contributed by atoms with Gasteiger partial charge in [0.1, 0.15) is 30.1 Å². The molecule has 6 rings (SSSR count). The summed E-state index contributed by atoms with van der Waals surface area (Å²) in [4.78, 5) is 17.1. The summed E-state index contributed by atoms with van der Waals surface area (Å²) in [6.45, 7) is 1.44. The van der Waals surface area contributed by atoms with E-state index in [0.717, 1.165) is 6.20 Å². The van der Waals surface area contributed by atoms with Crippen LogP contribution in [0.3, 0.4) is 0 Å². The highest BCUT2D eigenvalue weighted by atomic mass is 19.1. The van der Waals surface area contributed by atoms with Crippen molar-refractivity contribution in [1.29, 1.82) is 5.26 Å². The first-order chi connectivity index (χ1) is 16.5. The summed E-state index contributed by atoms with van der Waals surface area (Å²) in [5.41, 5.74) is 1.28. The van der Waals surface area contributed by atoms with Gasteiger partial charge in [0.05, 0.1) is 31.2 Å². The average Bonchev–Trinajstić information content (AvgIpc) is 3.29. The third kappa shape index (κ3) is 2.89. The van der Waals surface area contributed by atoms with E-state index in [1.54, 1.807) is 30.5 Å². The molecule has 0 bridgehead atoms. The average molecular weight is 465 g/mol. The minimum absolute atomic E-state index is 0.0763. The van der Waals surface area contributed by atoms with Crippen LogP contribution in [-0.4, -0.2) is 52.4 Å². The molecule has 0 spiro atoms. The number of fused-ring (bicyclic) bond motifs is 1. The fourth-order valence-corrected chi connectivity index (χ4v) is 5.30. The lowest BCUT2D eigenvalue weighted by Crippen LogP contribution is -2.51. The molecule has 3 aromatic rings. The zero-order valence-corrected chi connectivity index (χ0v) is 17.9. The van der Waals surface area contributed by atoms with Crippen LogP contribution >= 0.6 is 0 Å². The first-order valence-corrected chi connectivity index (χ1v) is 10.8. The van der Waals surface area contributed by atoms with E-state index in [4.69, 9.17) is 9.47 Å². The number of hydrogen-bond acceptors (Lipinski definition) is 7. The monoisotopic (exact) mass is 465 g/mol. The van der Waals surface area contributed by atoms with Crippen molar-refractivity contribution in [3.8, 4) is 17.2 Å². The fraction of sp³-hybridized carbons (Fsp3) is 0.348. The predicted molar refractivity (Wildman–Crippen MR) is 113 cm³/mol. The summed E-state index contributed by atoms with van der Waals surface area (Å²) in [7, 11) is 0. The number of nitriles is 1. The molecule has 172 valence electrons. The minimum atomic E-state index is -0.774. The molecule has 1 aliphatic carbocycles. The maximum absolute atomic E-state index is 15.3. The standard InChI is InChI=1S/C23H19F2N6O3/c24-19-7-15(31(5-6-34-22(31)32)13-30-9-21(25)28-29-30)2-3-16(19)14-1-4-20(27-8-14)23(12-26)17-10-33-11-18(17)23/h1-4,7-9,17-18H,5-6,10-11,13H2/q+1/t17?,18?,23?,31-/m0/s1. The van der Waals surface area contributed by atoms with E-state index >= 15 is 4.39 Å². The number of quaternary nitrogens is 1. The number of carbonyl (C=O) groups excluding carboxylic acids is 1. The Balaban J connectivity index is 1.31. The second-order valence-corrected chi connectivity index (χ2v) is 8.86. The van der Waals surface area contributed by atoms with Gasteiger partial charge in [0.25, 0.3) is 5.95 Å². The van der Waals surface area contributed by atoms with Crippen molar-refractivity contribution in [3.63, 3.8) is 0 Å². The summed E-state index contributed by atoms with van der Waals surface area (Å²) in [5, 5.41) is 16.7. The van der Waals surface area contributed by atoms with E-state index in [9.17, 15) is 14.4 Å². The molecule has 1 aromatic carbocycles. The molecule has 34 heavy (non-hydrogen) atoms. The second-order valence-electron chi connectivity index (χ2n) is 8.86. The maximum Gasteiger partial charge on any atom is 0.523 e. The van der Waals surface area contributed by atoms with Gasteiger partial charge < -0.3 is 9.47 Å². The van der Waals surface area contributed by atoms with Gasteiger partial charge in [-0.05, 0) is 12.1 Å². The van der Waals surface area contributed by atoms with Crippen molar-refractivity contribution in [2.24, 2.45) is 11.8 Å². The number of halogens is 2. The molecule has 11 heteroatoms. The number of aromatic nitrogens is 4. The zero-order valence-electron chi connectivity index (χ0n) is 17.9. The highest BCUT2D eigenvalue weighted by Gasteiger charge is 2.70. The van der Waals surface area contributed by atoms with E-state index in [1.165, 1.54) is 10.7 Å². The number of cyclic esters (lactones) is 1. The topological polar surface area (TPSA) is 103 Å². The SMILES string of the molecule is N#CC1(c2ccc(-c3ccc([N@@+]4(Cn5cc(F)nn5)CCOC4=O)cc3F)cn2)C2COCC21. The number of hydrogen-bond donors (Lipinski definition) is 0. The third-order valence-corrected chi connectivity index (χ3v) is 7.22. The van der Waals surface area contributed by atoms with Crippen molar-refractivity contribution in [1.82, 2.24) is 24.5 Å². The van der Waals surface area contributed by atoms with Crippen LogP contribution < -0.4 is 4.48 Å². The third-order valence-electron chi connectivity index (χ3n) is 7.22. The van der Waals surface area contributed by atoms with Gasteiger partial charge in [-0.25, -0.2) is 4.39 Å². The Morgan fingerprint density at radius 1 is 1.24 bits per heavy atom. The van der Waals surface area contributed by atoms with Crippen molar-refractivity contribution in [2.45, 2.75) is 12.1 Å². The normalized spacial score (nSPS) is 29.5. The van der Waals surface area contributed by atoms with Crippen LogP contribution in [0.4, 0.5) is 19.3 Å². The van der Waals surface area contributed by atoms with Crippen LogP contribution in [-0.2, 0) is 21.6 Å². The Kier molecular flexibility index (Phi) is 4.52. The summed E-state index contributed by atoms with van der Waals surface area (Å²) in [6, 6.07) is 10.4. The first kappa shape index (κ1) is 20.8. The molecule has 4 heterocycles. The lowest BCUT2D eigenvalue weighted by atomic mass is 9.96.